The molecule has 0 aromatic heterocycles. The minimum Gasteiger partial charge on any atom is -0.396 e. The van der Waals surface area contributed by atoms with Crippen LogP contribution in [-0.2, 0) is 4.84 Å². The molecule has 0 saturated carbocycles. The van der Waals surface area contributed by atoms with Crippen LogP contribution in [0.5, 0.6) is 0 Å². The van der Waals surface area contributed by atoms with Gasteiger partial charge in [0.15, 0.2) is 5.34 Å². The molecular formula is C4H9NO3. The Kier molecular flexibility index (Phi) is 5.85. The van der Waals surface area contributed by atoms with Crippen LogP contribution in [0.1, 0.15) is 12.8 Å². The lowest BCUT2D eigenvalue weighted by molar-refractivity contribution is 0.130. The highest BCUT2D eigenvalue weighted by Crippen LogP contribution is 1.87. The minimum atomic E-state index is 0.141. The van der Waals surface area contributed by atoms with E-state index < -0.39 is 0 Å². The molecule has 0 fully saturated rings. The molecule has 48 valence electrons. The molecule has 8 heavy (non-hydrogen) atoms. The van der Waals surface area contributed by atoms with Crippen LogP contribution in [0.25, 0.3) is 0 Å². The highest BCUT2D eigenvalue weighted by atomic mass is 16.7. The van der Waals surface area contributed by atoms with Crippen molar-refractivity contribution in [2.75, 3.05) is 13.2 Å². The Hall–Kier alpha value is -0.640. The van der Waals surface area contributed by atoms with Crippen molar-refractivity contribution in [2.24, 2.45) is 5.34 Å². The van der Waals surface area contributed by atoms with Gasteiger partial charge < -0.3 is 9.94 Å². The summed E-state index contributed by atoms with van der Waals surface area (Å²) in [5.74, 6) is 0. The van der Waals surface area contributed by atoms with Gasteiger partial charge in [0.2, 0.25) is 0 Å². The monoisotopic (exact) mass is 119 g/mol. The molecule has 0 aliphatic heterocycles. The Balaban J connectivity index is 2.62. The first-order valence-electron chi connectivity index (χ1n) is 2.47. The molecule has 0 spiro atoms. The number of hydrogen-bond donors (Lipinski definition) is 1. The second-order valence-corrected chi connectivity index (χ2v) is 1.34. The summed E-state index contributed by atoms with van der Waals surface area (Å²) in [6.07, 6.45) is 1.35. The average Bonchev–Trinajstić information content (AvgIpc) is 1.81. The molecule has 0 bridgehead atoms. The van der Waals surface area contributed by atoms with Crippen molar-refractivity contribution >= 4 is 0 Å². The lowest BCUT2D eigenvalue weighted by atomic mass is 10.3. The Morgan fingerprint density at radius 3 is 2.75 bits per heavy atom. The van der Waals surface area contributed by atoms with Gasteiger partial charge >= 0.3 is 0 Å². The third-order valence-electron chi connectivity index (χ3n) is 0.696. The van der Waals surface area contributed by atoms with Crippen LogP contribution in [0.3, 0.4) is 0 Å². The van der Waals surface area contributed by atoms with Gasteiger partial charge in [0.25, 0.3) is 0 Å². The molecule has 0 atom stereocenters. The molecular weight excluding hydrogens is 110 g/mol. The summed E-state index contributed by atoms with van der Waals surface area (Å²) in [4.78, 5) is 13.3. The largest absolute Gasteiger partial charge is 0.396 e. The van der Waals surface area contributed by atoms with E-state index in [0.29, 0.717) is 19.4 Å². The van der Waals surface area contributed by atoms with Gasteiger partial charge in [-0.15, -0.1) is 4.91 Å². The van der Waals surface area contributed by atoms with E-state index in [2.05, 4.69) is 10.2 Å². The van der Waals surface area contributed by atoms with E-state index in [4.69, 9.17) is 5.11 Å². The van der Waals surface area contributed by atoms with Crippen molar-refractivity contribution in [3.63, 3.8) is 0 Å². The molecule has 0 rings (SSSR count). The quantitative estimate of drug-likeness (QED) is 0.325. The number of hydrogen-bond acceptors (Lipinski definition) is 4. The predicted octanol–water partition coefficient (Wildman–Crippen LogP) is 0.457. The van der Waals surface area contributed by atoms with Crippen LogP contribution in [0.15, 0.2) is 5.34 Å². The summed E-state index contributed by atoms with van der Waals surface area (Å²) in [7, 11) is 0. The van der Waals surface area contributed by atoms with E-state index in [0.717, 1.165) is 0 Å². The Morgan fingerprint density at radius 1 is 1.50 bits per heavy atom. The maximum Gasteiger partial charge on any atom is 0.155 e. The Bertz CT molecular complexity index is 57.2. The van der Waals surface area contributed by atoms with Crippen LogP contribution in [0.4, 0.5) is 0 Å². The fourth-order valence-corrected chi connectivity index (χ4v) is 0.316. The highest BCUT2D eigenvalue weighted by molar-refractivity contribution is 4.32. The molecule has 4 nitrogen and oxygen atoms in total. The molecule has 0 aromatic carbocycles. The smallest absolute Gasteiger partial charge is 0.155 e. The van der Waals surface area contributed by atoms with Gasteiger partial charge in [0, 0.05) is 6.61 Å². The van der Waals surface area contributed by atoms with Gasteiger partial charge in [0.05, 0.1) is 0 Å². The number of aliphatic hydroxyl groups excluding tert-OH is 1. The molecule has 0 aliphatic carbocycles. The summed E-state index contributed by atoms with van der Waals surface area (Å²) in [6, 6.07) is 0. The Morgan fingerprint density at radius 2 is 2.25 bits per heavy atom. The van der Waals surface area contributed by atoms with Crippen LogP contribution < -0.4 is 0 Å². The van der Waals surface area contributed by atoms with Gasteiger partial charge in [-0.1, -0.05) is 0 Å². The zero-order valence-corrected chi connectivity index (χ0v) is 4.54. The lowest BCUT2D eigenvalue weighted by Gasteiger charge is -1.91. The van der Waals surface area contributed by atoms with E-state index in [1.54, 1.807) is 0 Å². The third-order valence-corrected chi connectivity index (χ3v) is 0.696. The SMILES string of the molecule is O=NOCCCCO. The molecule has 0 aromatic rings. The topological polar surface area (TPSA) is 58.9 Å². The molecule has 4 heteroatoms. The van der Waals surface area contributed by atoms with Crippen molar-refractivity contribution in [1.29, 1.82) is 0 Å². The minimum absolute atomic E-state index is 0.141. The Labute approximate surface area is 47.4 Å². The molecule has 0 saturated heterocycles. The fraction of sp³-hybridized carbons (Fsp3) is 1.00. The predicted molar refractivity (Wildman–Crippen MR) is 28.1 cm³/mol. The molecule has 0 radical (unpaired) electrons. The second-order valence-electron chi connectivity index (χ2n) is 1.34. The molecule has 0 unspecified atom stereocenters. The average molecular weight is 119 g/mol. The van der Waals surface area contributed by atoms with Crippen LogP contribution in [0, 0.1) is 4.91 Å². The summed E-state index contributed by atoms with van der Waals surface area (Å²) >= 11 is 0. The second kappa shape index (κ2) is 6.36. The summed E-state index contributed by atoms with van der Waals surface area (Å²) in [6.45, 7) is 0.451. The van der Waals surface area contributed by atoms with Crippen molar-refractivity contribution in [2.45, 2.75) is 12.8 Å². The van der Waals surface area contributed by atoms with E-state index in [-0.39, 0.29) is 6.61 Å². The zero-order chi connectivity index (χ0) is 6.24. The van der Waals surface area contributed by atoms with Crippen molar-refractivity contribution < 1.29 is 9.94 Å². The standard InChI is InChI=1S/C4H9NO3/c6-3-1-2-4-8-5-7/h6H,1-4H2. The molecule has 0 aliphatic rings. The highest BCUT2D eigenvalue weighted by Gasteiger charge is 1.84. The van der Waals surface area contributed by atoms with Crippen molar-refractivity contribution in [3.8, 4) is 0 Å². The van der Waals surface area contributed by atoms with Gasteiger partial charge in [-0.05, 0) is 12.8 Å². The van der Waals surface area contributed by atoms with Crippen LogP contribution >= 0.6 is 0 Å². The number of rotatable bonds is 5. The van der Waals surface area contributed by atoms with Gasteiger partial charge in [-0.2, -0.15) is 0 Å². The maximum absolute atomic E-state index is 9.23. The van der Waals surface area contributed by atoms with Gasteiger partial charge in [0.1, 0.15) is 6.61 Å². The number of nitrogens with zero attached hydrogens (tertiary/aromatic N) is 1. The fourth-order valence-electron chi connectivity index (χ4n) is 0.316. The van der Waals surface area contributed by atoms with Crippen molar-refractivity contribution in [1.82, 2.24) is 0 Å². The number of aliphatic hydroxyl groups is 1. The van der Waals surface area contributed by atoms with E-state index in [1.807, 2.05) is 0 Å². The third kappa shape index (κ3) is 5.36. The van der Waals surface area contributed by atoms with E-state index in [9.17, 15) is 4.91 Å². The summed E-state index contributed by atoms with van der Waals surface area (Å²) in [5.41, 5.74) is 0. The molecule has 0 heterocycles. The van der Waals surface area contributed by atoms with Crippen LogP contribution in [-0.4, -0.2) is 18.3 Å². The molecule has 0 amide bonds. The first kappa shape index (κ1) is 7.36. The maximum atomic E-state index is 9.23. The summed E-state index contributed by atoms with van der Waals surface area (Å²) < 4.78 is 0. The first-order chi connectivity index (χ1) is 3.91. The molecule has 1 N–H and O–H groups in total. The lowest BCUT2D eigenvalue weighted by Crippen LogP contribution is -1.89. The normalized spacial score (nSPS) is 8.62. The number of unbranched alkanes of at least 4 members (excludes halogenated alkanes) is 1. The summed E-state index contributed by atoms with van der Waals surface area (Å²) in [5, 5.41) is 10.4. The first-order valence-corrected chi connectivity index (χ1v) is 2.47. The van der Waals surface area contributed by atoms with E-state index in [1.165, 1.54) is 0 Å². The zero-order valence-electron chi connectivity index (χ0n) is 4.54. The van der Waals surface area contributed by atoms with Crippen LogP contribution in [0.2, 0.25) is 0 Å². The van der Waals surface area contributed by atoms with Gasteiger partial charge in [-0.3, -0.25) is 0 Å². The van der Waals surface area contributed by atoms with Gasteiger partial charge in [-0.25, -0.2) is 0 Å². The van der Waals surface area contributed by atoms with Crippen molar-refractivity contribution in [3.05, 3.63) is 4.91 Å². The van der Waals surface area contributed by atoms with E-state index >= 15 is 0 Å².